The van der Waals surface area contributed by atoms with Gasteiger partial charge in [0.2, 0.25) is 5.41 Å². The molecule has 0 bridgehead atoms. The minimum Gasteiger partial charge on any atom is -0.196 e. The lowest BCUT2D eigenvalue weighted by Crippen LogP contribution is -2.39. The Morgan fingerprint density at radius 1 is 0.857 bits per heavy atom. The number of hydrogen-bond donors (Lipinski definition) is 0. The van der Waals surface area contributed by atoms with Gasteiger partial charge in [0.05, 0.1) is 18.6 Å². The molecule has 0 aliphatic heterocycles. The minimum absolute atomic E-state index is 0.356. The van der Waals surface area contributed by atoms with Crippen molar-refractivity contribution in [1.82, 2.24) is 0 Å². The fourth-order valence-electron chi connectivity index (χ4n) is 0.632. The van der Waals surface area contributed by atoms with Crippen LogP contribution in [-0.4, -0.2) is 12.4 Å². The number of nitriles is 2. The topological polar surface area (TPSA) is 47.6 Å². The summed E-state index contributed by atoms with van der Waals surface area (Å²) in [5, 5.41) is 16.0. The minimum atomic E-state index is -5.52. The van der Waals surface area contributed by atoms with E-state index in [0.29, 0.717) is 12.1 Å². The number of halogens is 6. The normalized spacial score (nSPS) is 13.1. The fraction of sp³-hybridized carbons (Fsp3) is 0.667. The van der Waals surface area contributed by atoms with E-state index in [4.69, 9.17) is 10.5 Å². The Kier molecular flexibility index (Phi) is 3.02. The highest BCUT2D eigenvalue weighted by Gasteiger charge is 2.61. The molecule has 8 heteroatoms. The molecule has 14 heavy (non-hydrogen) atoms. The summed E-state index contributed by atoms with van der Waals surface area (Å²) in [5.41, 5.74) is -4.01. The summed E-state index contributed by atoms with van der Waals surface area (Å²) >= 11 is 0. The molecule has 0 spiro atoms. The van der Waals surface area contributed by atoms with Crippen LogP contribution in [0.4, 0.5) is 26.3 Å². The molecule has 0 aliphatic carbocycles. The van der Waals surface area contributed by atoms with Crippen molar-refractivity contribution in [3.05, 3.63) is 0 Å². The molecule has 0 unspecified atom stereocenters. The first-order valence-electron chi connectivity index (χ1n) is 3.04. The summed E-state index contributed by atoms with van der Waals surface area (Å²) in [6.07, 6.45) is -13.3. The molecule has 0 rings (SSSR count). The van der Waals surface area contributed by atoms with Crippen LogP contribution in [0, 0.1) is 28.1 Å². The van der Waals surface area contributed by atoms with Crippen LogP contribution in [0.2, 0.25) is 0 Å². The van der Waals surface area contributed by atoms with E-state index in [2.05, 4.69) is 0 Å². The molecule has 0 heterocycles. The second-order valence-corrected chi connectivity index (χ2v) is 2.42. The molecule has 0 aromatic heterocycles. The second-order valence-electron chi connectivity index (χ2n) is 2.42. The SMILES string of the molecule is N#CC(C#N)(CC(F)(F)F)C(F)(F)F. The largest absolute Gasteiger partial charge is 0.420 e. The lowest BCUT2D eigenvalue weighted by atomic mass is 9.87. The first-order valence-corrected chi connectivity index (χ1v) is 3.04. The molecule has 0 N–H and O–H groups in total. The maximum atomic E-state index is 12.0. The zero-order valence-corrected chi connectivity index (χ0v) is 6.37. The van der Waals surface area contributed by atoms with Gasteiger partial charge in [-0.05, 0) is 0 Å². The highest BCUT2D eigenvalue weighted by Crippen LogP contribution is 2.44. The first-order chi connectivity index (χ1) is 6.08. The summed E-state index contributed by atoms with van der Waals surface area (Å²) < 4.78 is 70.8. The monoisotopic (exact) mass is 216 g/mol. The molecule has 0 aromatic carbocycles. The summed E-state index contributed by atoms with van der Waals surface area (Å²) in [4.78, 5) is 0. The van der Waals surface area contributed by atoms with Gasteiger partial charge in [0.15, 0.2) is 0 Å². The van der Waals surface area contributed by atoms with E-state index in [1.54, 1.807) is 0 Å². The van der Waals surface area contributed by atoms with Crippen molar-refractivity contribution in [2.24, 2.45) is 5.41 Å². The van der Waals surface area contributed by atoms with Crippen molar-refractivity contribution in [3.63, 3.8) is 0 Å². The van der Waals surface area contributed by atoms with Gasteiger partial charge >= 0.3 is 12.4 Å². The summed E-state index contributed by atoms with van der Waals surface area (Å²) in [6.45, 7) is 0. The van der Waals surface area contributed by atoms with E-state index in [9.17, 15) is 26.3 Å². The first kappa shape index (κ1) is 12.6. The summed E-state index contributed by atoms with van der Waals surface area (Å²) in [5.74, 6) is 0. The molecule has 0 radical (unpaired) electrons. The Balaban J connectivity index is 5.18. The molecule has 2 nitrogen and oxygen atoms in total. The number of nitrogens with zero attached hydrogens (tertiary/aromatic N) is 2. The molecular formula is C6H2F6N2. The van der Waals surface area contributed by atoms with Crippen molar-refractivity contribution in [2.75, 3.05) is 0 Å². The van der Waals surface area contributed by atoms with E-state index in [-0.39, 0.29) is 0 Å². The second kappa shape index (κ2) is 3.37. The van der Waals surface area contributed by atoms with Gasteiger partial charge in [0.25, 0.3) is 0 Å². The maximum Gasteiger partial charge on any atom is 0.420 e. The van der Waals surface area contributed by atoms with Gasteiger partial charge in [0, 0.05) is 0 Å². The Bertz CT molecular complexity index is 273. The van der Waals surface area contributed by atoms with E-state index < -0.39 is 24.2 Å². The van der Waals surface area contributed by atoms with Crippen LogP contribution in [0.15, 0.2) is 0 Å². The quantitative estimate of drug-likeness (QED) is 0.632. The molecular weight excluding hydrogens is 214 g/mol. The predicted molar refractivity (Wildman–Crippen MR) is 30.4 cm³/mol. The summed E-state index contributed by atoms with van der Waals surface area (Å²) in [6, 6.07) is 0.711. The average molecular weight is 216 g/mol. The maximum absolute atomic E-state index is 12.0. The van der Waals surface area contributed by atoms with Crippen LogP contribution in [0.5, 0.6) is 0 Å². The Labute approximate surface area is 74.3 Å². The third-order valence-electron chi connectivity index (χ3n) is 1.33. The van der Waals surface area contributed by atoms with E-state index in [0.717, 1.165) is 0 Å². The fourth-order valence-corrected chi connectivity index (χ4v) is 0.632. The number of hydrogen-bond acceptors (Lipinski definition) is 2. The van der Waals surface area contributed by atoms with Gasteiger partial charge in [-0.3, -0.25) is 0 Å². The van der Waals surface area contributed by atoms with Gasteiger partial charge in [-0.1, -0.05) is 0 Å². The van der Waals surface area contributed by atoms with Gasteiger partial charge in [-0.25, -0.2) is 0 Å². The Morgan fingerprint density at radius 3 is 1.29 bits per heavy atom. The summed E-state index contributed by atoms with van der Waals surface area (Å²) in [7, 11) is 0. The van der Waals surface area contributed by atoms with Crippen LogP contribution in [0.3, 0.4) is 0 Å². The zero-order valence-electron chi connectivity index (χ0n) is 6.37. The predicted octanol–water partition coefficient (Wildman–Crippen LogP) is 2.53. The van der Waals surface area contributed by atoms with Crippen LogP contribution >= 0.6 is 0 Å². The van der Waals surface area contributed by atoms with Crippen molar-refractivity contribution in [2.45, 2.75) is 18.8 Å². The molecule has 78 valence electrons. The molecule has 0 atom stereocenters. The van der Waals surface area contributed by atoms with Gasteiger partial charge < -0.3 is 0 Å². The molecule has 0 aliphatic rings. The Hall–Kier alpha value is -1.44. The van der Waals surface area contributed by atoms with Crippen LogP contribution < -0.4 is 0 Å². The van der Waals surface area contributed by atoms with E-state index in [1.807, 2.05) is 0 Å². The van der Waals surface area contributed by atoms with Crippen molar-refractivity contribution < 1.29 is 26.3 Å². The third-order valence-corrected chi connectivity index (χ3v) is 1.33. The van der Waals surface area contributed by atoms with Crippen molar-refractivity contribution in [3.8, 4) is 12.1 Å². The van der Waals surface area contributed by atoms with Crippen LogP contribution in [0.1, 0.15) is 6.42 Å². The van der Waals surface area contributed by atoms with Crippen LogP contribution in [0.25, 0.3) is 0 Å². The van der Waals surface area contributed by atoms with E-state index >= 15 is 0 Å². The van der Waals surface area contributed by atoms with Gasteiger partial charge in [0.1, 0.15) is 0 Å². The highest BCUT2D eigenvalue weighted by atomic mass is 19.4. The zero-order chi connectivity index (χ0) is 11.6. The Morgan fingerprint density at radius 2 is 1.21 bits per heavy atom. The number of rotatable bonds is 1. The molecule has 0 fully saturated rings. The van der Waals surface area contributed by atoms with Crippen molar-refractivity contribution in [1.29, 1.82) is 10.5 Å². The van der Waals surface area contributed by atoms with E-state index in [1.165, 1.54) is 0 Å². The van der Waals surface area contributed by atoms with Gasteiger partial charge in [-0.2, -0.15) is 36.9 Å². The molecule has 0 amide bonds. The lowest BCUT2D eigenvalue weighted by Gasteiger charge is -2.22. The van der Waals surface area contributed by atoms with Gasteiger partial charge in [-0.15, -0.1) is 0 Å². The standard InChI is InChI=1S/C6H2F6N2/c7-5(8,9)1-4(2-13,3-14)6(10,11)12/h1H2. The molecule has 0 saturated heterocycles. The average Bonchev–Trinajstić information content (AvgIpc) is 1.96. The number of alkyl halides is 6. The molecule has 0 saturated carbocycles. The highest BCUT2D eigenvalue weighted by molar-refractivity contribution is 5.18. The molecule has 0 aromatic rings. The smallest absolute Gasteiger partial charge is 0.196 e. The van der Waals surface area contributed by atoms with Crippen molar-refractivity contribution >= 4 is 0 Å². The lowest BCUT2D eigenvalue weighted by molar-refractivity contribution is -0.227. The third kappa shape index (κ3) is 2.52. The van der Waals surface area contributed by atoms with Crippen LogP contribution in [-0.2, 0) is 0 Å².